The van der Waals surface area contributed by atoms with E-state index in [1.807, 2.05) is 0 Å². The van der Waals surface area contributed by atoms with Crippen LogP contribution in [0.15, 0.2) is 47.5 Å². The van der Waals surface area contributed by atoms with Crippen LogP contribution in [0.4, 0.5) is 16.2 Å². The number of nitrogens with one attached hydrogen (secondary N) is 1. The summed E-state index contributed by atoms with van der Waals surface area (Å²) < 4.78 is 5.10. The van der Waals surface area contributed by atoms with Crippen molar-refractivity contribution in [3.8, 4) is 5.75 Å². The van der Waals surface area contributed by atoms with E-state index in [4.69, 9.17) is 4.74 Å². The van der Waals surface area contributed by atoms with Gasteiger partial charge < -0.3 is 10.1 Å². The van der Waals surface area contributed by atoms with E-state index < -0.39 is 17.7 Å². The average molecular weight is 420 g/mol. The highest BCUT2D eigenvalue weighted by Gasteiger charge is 2.37. The summed E-state index contributed by atoms with van der Waals surface area (Å²) in [5, 5.41) is 2.64. The molecule has 0 aromatic heterocycles. The van der Waals surface area contributed by atoms with Crippen molar-refractivity contribution < 1.29 is 19.1 Å². The molecular weight excluding hydrogens is 396 g/mol. The van der Waals surface area contributed by atoms with E-state index in [-0.39, 0.29) is 0 Å². The van der Waals surface area contributed by atoms with Crippen molar-refractivity contribution in [1.29, 1.82) is 0 Å². The van der Waals surface area contributed by atoms with Crippen LogP contribution >= 0.6 is 0 Å². The molecule has 0 bridgehead atoms. The minimum absolute atomic E-state index is 0.305. The molecule has 0 aliphatic carbocycles. The fourth-order valence-electron chi connectivity index (χ4n) is 3.80. The Hall–Kier alpha value is -3.52. The third-order valence-electron chi connectivity index (χ3n) is 5.46. The Morgan fingerprint density at radius 2 is 1.84 bits per heavy atom. The van der Waals surface area contributed by atoms with Gasteiger partial charge in [0.15, 0.2) is 0 Å². The zero-order valence-corrected chi connectivity index (χ0v) is 17.3. The van der Waals surface area contributed by atoms with Gasteiger partial charge in [-0.25, -0.2) is 9.79 Å². The lowest BCUT2D eigenvalue weighted by Crippen LogP contribution is -2.43. The molecule has 0 radical (unpaired) electrons. The number of carbonyl (C=O) groups is 3. The van der Waals surface area contributed by atoms with Gasteiger partial charge in [-0.05, 0) is 74.0 Å². The van der Waals surface area contributed by atoms with Crippen molar-refractivity contribution in [2.75, 3.05) is 37.1 Å². The van der Waals surface area contributed by atoms with Crippen LogP contribution in [-0.4, -0.2) is 55.7 Å². The third kappa shape index (κ3) is 4.64. The van der Waals surface area contributed by atoms with Gasteiger partial charge in [0.2, 0.25) is 0 Å². The summed E-state index contributed by atoms with van der Waals surface area (Å²) in [6, 6.07) is 11.5. The molecule has 2 aromatic carbocycles. The van der Waals surface area contributed by atoms with E-state index in [0.29, 0.717) is 29.4 Å². The second kappa shape index (κ2) is 9.09. The van der Waals surface area contributed by atoms with E-state index in [9.17, 15) is 14.4 Å². The number of likely N-dealkylation sites (tertiary alicyclic amines) is 1. The molecule has 160 valence electrons. The first kappa shape index (κ1) is 20.7. The smallest absolute Gasteiger partial charge is 0.345 e. The number of hydrogen-bond acceptors (Lipinski definition) is 5. The largest absolute Gasteiger partial charge is 0.497 e. The van der Waals surface area contributed by atoms with Crippen LogP contribution in [0.25, 0.3) is 0 Å². The number of benzene rings is 2. The van der Waals surface area contributed by atoms with E-state index in [2.05, 4.69) is 15.2 Å². The first-order chi connectivity index (χ1) is 15.0. The van der Waals surface area contributed by atoms with Crippen molar-refractivity contribution >= 4 is 35.3 Å². The molecule has 2 aliphatic rings. The van der Waals surface area contributed by atoms with Crippen molar-refractivity contribution in [2.24, 2.45) is 4.99 Å². The normalized spacial score (nSPS) is 16.6. The van der Waals surface area contributed by atoms with Gasteiger partial charge in [-0.15, -0.1) is 0 Å². The summed E-state index contributed by atoms with van der Waals surface area (Å²) in [5.74, 6) is -0.361. The van der Waals surface area contributed by atoms with Crippen LogP contribution in [-0.2, 0) is 4.79 Å². The second-order valence-electron chi connectivity index (χ2n) is 7.58. The Bertz CT molecular complexity index is 1030. The van der Waals surface area contributed by atoms with Gasteiger partial charge in [0.1, 0.15) is 5.75 Å². The zero-order valence-electron chi connectivity index (χ0n) is 17.3. The number of hydrogen-bond donors (Lipinski definition) is 1. The van der Waals surface area contributed by atoms with E-state index >= 15 is 0 Å². The number of aliphatic imine (C=N–C) groups is 1. The number of ether oxygens (including phenoxy) is 1. The van der Waals surface area contributed by atoms with Gasteiger partial charge in [0.25, 0.3) is 5.78 Å². The molecule has 0 saturated carbocycles. The summed E-state index contributed by atoms with van der Waals surface area (Å²) in [7, 11) is 1.58. The number of urea groups is 1. The number of rotatable bonds is 5. The van der Waals surface area contributed by atoms with Crippen LogP contribution in [0.1, 0.15) is 35.2 Å². The number of fused-ring (bicyclic) bond motifs is 1. The number of nitrogens with zero attached hydrogens (tertiary/aromatic N) is 3. The van der Waals surface area contributed by atoms with Crippen LogP contribution in [0.2, 0.25) is 0 Å². The highest BCUT2D eigenvalue weighted by Crippen LogP contribution is 2.32. The number of piperidine rings is 1. The first-order valence-electron chi connectivity index (χ1n) is 10.3. The summed E-state index contributed by atoms with van der Waals surface area (Å²) in [6.07, 6.45) is 4.84. The number of amides is 3. The van der Waals surface area contributed by atoms with Crippen molar-refractivity contribution in [3.05, 3.63) is 53.6 Å². The zero-order chi connectivity index (χ0) is 21.8. The number of carbonyl (C=O) groups excluding carboxylic acids is 3. The Labute approximate surface area is 180 Å². The Balaban J connectivity index is 1.43. The van der Waals surface area contributed by atoms with Gasteiger partial charge in [-0.2, -0.15) is 0 Å². The average Bonchev–Trinajstić information content (AvgIpc) is 3.03. The van der Waals surface area contributed by atoms with E-state index in [1.54, 1.807) is 43.5 Å². The summed E-state index contributed by atoms with van der Waals surface area (Å²) in [4.78, 5) is 44.8. The number of methoxy groups -OCH3 is 1. The predicted octanol–water partition coefficient (Wildman–Crippen LogP) is 3.32. The number of Topliss-reactive ketones (excluding diaryl/α,β-unsaturated/α-hetero) is 1. The van der Waals surface area contributed by atoms with Crippen LogP contribution in [0.5, 0.6) is 5.75 Å². The van der Waals surface area contributed by atoms with Crippen LogP contribution in [0.3, 0.4) is 0 Å². The standard InChI is InChI=1S/C23H24N4O4/c1-31-18-8-5-16(6-9-18)14-24-23(30)25-17-7-10-20-19(13-17)21(28)22(29)27(20)15-26-11-3-2-4-12-26/h5-10,13-14H,2-4,11-12,15H2,1H3,(H,25,30)/b24-14+. The predicted molar refractivity (Wildman–Crippen MR) is 118 cm³/mol. The highest BCUT2D eigenvalue weighted by molar-refractivity contribution is 6.52. The monoisotopic (exact) mass is 420 g/mol. The summed E-state index contributed by atoms with van der Waals surface area (Å²) in [6.45, 7) is 2.26. The highest BCUT2D eigenvalue weighted by atomic mass is 16.5. The summed E-state index contributed by atoms with van der Waals surface area (Å²) in [5.41, 5.74) is 2.05. The Morgan fingerprint density at radius 3 is 2.55 bits per heavy atom. The fourth-order valence-corrected chi connectivity index (χ4v) is 3.80. The molecule has 2 aliphatic heterocycles. The maximum atomic E-state index is 12.5. The second-order valence-corrected chi connectivity index (χ2v) is 7.58. The van der Waals surface area contributed by atoms with E-state index in [1.165, 1.54) is 23.6 Å². The van der Waals surface area contributed by atoms with Gasteiger partial charge in [0, 0.05) is 11.9 Å². The van der Waals surface area contributed by atoms with Crippen molar-refractivity contribution in [2.45, 2.75) is 19.3 Å². The minimum Gasteiger partial charge on any atom is -0.497 e. The van der Waals surface area contributed by atoms with Crippen LogP contribution in [0, 0.1) is 0 Å². The van der Waals surface area contributed by atoms with E-state index in [0.717, 1.165) is 31.5 Å². The van der Waals surface area contributed by atoms with Crippen molar-refractivity contribution in [1.82, 2.24) is 4.90 Å². The van der Waals surface area contributed by atoms with Crippen LogP contribution < -0.4 is 15.0 Å². The molecule has 31 heavy (non-hydrogen) atoms. The lowest BCUT2D eigenvalue weighted by molar-refractivity contribution is -0.114. The minimum atomic E-state index is -0.572. The Morgan fingerprint density at radius 1 is 1.10 bits per heavy atom. The maximum Gasteiger partial charge on any atom is 0.345 e. The summed E-state index contributed by atoms with van der Waals surface area (Å²) >= 11 is 0. The molecule has 0 atom stereocenters. The lowest BCUT2D eigenvalue weighted by Gasteiger charge is -2.30. The molecule has 1 N–H and O–H groups in total. The van der Waals surface area contributed by atoms with Gasteiger partial charge >= 0.3 is 11.9 Å². The number of ketones is 1. The molecular formula is C23H24N4O4. The lowest BCUT2D eigenvalue weighted by atomic mass is 10.1. The molecule has 4 rings (SSSR count). The molecule has 8 nitrogen and oxygen atoms in total. The molecule has 0 unspecified atom stereocenters. The fraction of sp³-hybridized carbons (Fsp3) is 0.304. The molecule has 2 heterocycles. The SMILES string of the molecule is COc1ccc(/C=N/C(=O)Nc2ccc3c(c2)C(=O)C(=O)N3CN2CCCCC2)cc1. The molecule has 2 aromatic rings. The van der Waals surface area contributed by atoms with Crippen molar-refractivity contribution in [3.63, 3.8) is 0 Å². The Kier molecular flexibility index (Phi) is 6.08. The van der Waals surface area contributed by atoms with Gasteiger partial charge in [-0.1, -0.05) is 6.42 Å². The maximum absolute atomic E-state index is 12.5. The molecule has 3 amide bonds. The molecule has 8 heteroatoms. The molecule has 1 saturated heterocycles. The topological polar surface area (TPSA) is 91.3 Å². The molecule has 1 fully saturated rings. The van der Waals surface area contributed by atoms with Gasteiger partial charge in [0.05, 0.1) is 25.0 Å². The third-order valence-corrected chi connectivity index (χ3v) is 5.46. The quantitative estimate of drug-likeness (QED) is 0.592. The first-order valence-corrected chi connectivity index (χ1v) is 10.3. The number of anilines is 2. The molecule has 0 spiro atoms. The van der Waals surface area contributed by atoms with Gasteiger partial charge in [-0.3, -0.25) is 19.4 Å².